The molecule has 0 aromatic carbocycles. The van der Waals surface area contributed by atoms with Crippen LogP contribution in [0.1, 0.15) is 39.5 Å². The minimum absolute atomic E-state index is 0. The van der Waals surface area contributed by atoms with Crippen LogP contribution in [0, 0.1) is 11.3 Å². The Balaban J connectivity index is 0.00000128. The number of halogens is 1. The minimum Gasteiger partial charge on any atom is -0.316 e. The summed E-state index contributed by atoms with van der Waals surface area (Å²) in [5.74, 6) is 0.917. The van der Waals surface area contributed by atoms with Gasteiger partial charge < -0.3 is 10.2 Å². The molecule has 0 radical (unpaired) electrons. The molecule has 2 nitrogen and oxygen atoms in total. The van der Waals surface area contributed by atoms with E-state index in [9.17, 15) is 0 Å². The second-order valence-corrected chi connectivity index (χ2v) is 6.18. The van der Waals surface area contributed by atoms with Gasteiger partial charge in [0.2, 0.25) is 0 Å². The van der Waals surface area contributed by atoms with Crippen LogP contribution in [0.15, 0.2) is 0 Å². The van der Waals surface area contributed by atoms with Gasteiger partial charge in [-0.1, -0.05) is 13.8 Å². The van der Waals surface area contributed by atoms with Crippen molar-refractivity contribution >= 4 is 12.4 Å². The van der Waals surface area contributed by atoms with Gasteiger partial charge in [0.1, 0.15) is 0 Å². The first-order valence-electron chi connectivity index (χ1n) is 6.59. The van der Waals surface area contributed by atoms with Gasteiger partial charge in [0.05, 0.1) is 0 Å². The molecule has 16 heavy (non-hydrogen) atoms. The van der Waals surface area contributed by atoms with Crippen LogP contribution in [0.25, 0.3) is 0 Å². The SMILES string of the molecule is CC1(C)CCN(CC2CCCNC2)CC1.Cl. The van der Waals surface area contributed by atoms with Crippen molar-refractivity contribution in [1.82, 2.24) is 10.2 Å². The Kier molecular flexibility index (Phi) is 5.55. The third-order valence-corrected chi connectivity index (χ3v) is 4.12. The second-order valence-electron chi connectivity index (χ2n) is 6.18. The maximum Gasteiger partial charge on any atom is 0.00218 e. The first-order valence-corrected chi connectivity index (χ1v) is 6.59. The first-order chi connectivity index (χ1) is 7.16. The lowest BCUT2D eigenvalue weighted by atomic mass is 9.82. The number of nitrogens with zero attached hydrogens (tertiary/aromatic N) is 1. The van der Waals surface area contributed by atoms with Crippen molar-refractivity contribution in [2.75, 3.05) is 32.7 Å². The van der Waals surface area contributed by atoms with E-state index in [1.807, 2.05) is 0 Å². The molecule has 0 aliphatic carbocycles. The summed E-state index contributed by atoms with van der Waals surface area (Å²) >= 11 is 0. The Labute approximate surface area is 107 Å². The molecule has 96 valence electrons. The van der Waals surface area contributed by atoms with Crippen molar-refractivity contribution in [2.24, 2.45) is 11.3 Å². The van der Waals surface area contributed by atoms with Crippen LogP contribution in [-0.2, 0) is 0 Å². The molecular weight excluding hydrogens is 220 g/mol. The summed E-state index contributed by atoms with van der Waals surface area (Å²) < 4.78 is 0. The molecule has 1 atom stereocenters. The van der Waals surface area contributed by atoms with Gasteiger partial charge in [0.25, 0.3) is 0 Å². The zero-order valence-corrected chi connectivity index (χ0v) is 11.6. The van der Waals surface area contributed by atoms with Gasteiger partial charge in [-0.3, -0.25) is 0 Å². The van der Waals surface area contributed by atoms with Crippen LogP contribution < -0.4 is 5.32 Å². The average molecular weight is 247 g/mol. The third-order valence-electron chi connectivity index (χ3n) is 4.12. The summed E-state index contributed by atoms with van der Waals surface area (Å²) in [6, 6.07) is 0. The zero-order valence-electron chi connectivity index (χ0n) is 10.8. The predicted molar refractivity (Wildman–Crippen MR) is 72.3 cm³/mol. The highest BCUT2D eigenvalue weighted by atomic mass is 35.5. The van der Waals surface area contributed by atoms with Crippen LogP contribution >= 0.6 is 12.4 Å². The topological polar surface area (TPSA) is 15.3 Å². The fourth-order valence-electron chi connectivity index (χ4n) is 2.79. The highest BCUT2D eigenvalue weighted by molar-refractivity contribution is 5.85. The van der Waals surface area contributed by atoms with E-state index in [2.05, 4.69) is 24.1 Å². The summed E-state index contributed by atoms with van der Waals surface area (Å²) in [5.41, 5.74) is 0.599. The number of rotatable bonds is 2. The fraction of sp³-hybridized carbons (Fsp3) is 1.00. The Morgan fingerprint density at radius 2 is 1.94 bits per heavy atom. The van der Waals surface area contributed by atoms with Gasteiger partial charge in [0, 0.05) is 6.54 Å². The van der Waals surface area contributed by atoms with Crippen molar-refractivity contribution in [3.63, 3.8) is 0 Å². The molecule has 2 heterocycles. The monoisotopic (exact) mass is 246 g/mol. The Bertz CT molecular complexity index is 190. The molecule has 2 saturated heterocycles. The highest BCUT2D eigenvalue weighted by Crippen LogP contribution is 2.30. The first kappa shape index (κ1) is 14.3. The Hall–Kier alpha value is 0.210. The van der Waals surface area contributed by atoms with Crippen molar-refractivity contribution in [1.29, 1.82) is 0 Å². The number of hydrogen-bond donors (Lipinski definition) is 1. The average Bonchev–Trinajstić information content (AvgIpc) is 2.23. The van der Waals surface area contributed by atoms with Crippen molar-refractivity contribution in [3.8, 4) is 0 Å². The number of hydrogen-bond acceptors (Lipinski definition) is 2. The Morgan fingerprint density at radius 3 is 2.50 bits per heavy atom. The maximum absolute atomic E-state index is 3.51. The van der Waals surface area contributed by atoms with Crippen LogP contribution in [0.4, 0.5) is 0 Å². The predicted octanol–water partition coefficient (Wildman–Crippen LogP) is 2.53. The van der Waals surface area contributed by atoms with Crippen LogP contribution in [0.5, 0.6) is 0 Å². The normalized spacial score (nSPS) is 30.8. The molecule has 0 saturated carbocycles. The molecule has 3 heteroatoms. The van der Waals surface area contributed by atoms with Gasteiger partial charge >= 0.3 is 0 Å². The lowest BCUT2D eigenvalue weighted by Crippen LogP contribution is -2.43. The van der Waals surface area contributed by atoms with E-state index in [4.69, 9.17) is 0 Å². The largest absolute Gasteiger partial charge is 0.316 e. The standard InChI is InChI=1S/C13H26N2.ClH/c1-13(2)5-8-15(9-6-13)11-12-4-3-7-14-10-12;/h12,14H,3-11H2,1-2H3;1H. The van der Waals surface area contributed by atoms with E-state index in [-0.39, 0.29) is 12.4 Å². The van der Waals surface area contributed by atoms with Crippen LogP contribution in [-0.4, -0.2) is 37.6 Å². The summed E-state index contributed by atoms with van der Waals surface area (Å²) in [6.45, 7) is 11.3. The molecule has 2 aliphatic rings. The molecule has 0 aromatic rings. The van der Waals surface area contributed by atoms with Gasteiger partial charge in [-0.15, -0.1) is 12.4 Å². The molecule has 0 aromatic heterocycles. The van der Waals surface area contributed by atoms with Crippen LogP contribution in [0.2, 0.25) is 0 Å². The van der Waals surface area contributed by atoms with Gasteiger partial charge in [-0.25, -0.2) is 0 Å². The Morgan fingerprint density at radius 1 is 1.25 bits per heavy atom. The lowest BCUT2D eigenvalue weighted by Gasteiger charge is -2.39. The smallest absolute Gasteiger partial charge is 0.00218 e. The summed E-state index contributed by atoms with van der Waals surface area (Å²) in [5, 5.41) is 3.51. The van der Waals surface area contributed by atoms with E-state index < -0.39 is 0 Å². The van der Waals surface area contributed by atoms with E-state index in [1.54, 1.807) is 0 Å². The maximum atomic E-state index is 3.51. The van der Waals surface area contributed by atoms with Gasteiger partial charge in [0.15, 0.2) is 0 Å². The van der Waals surface area contributed by atoms with E-state index in [0.717, 1.165) is 5.92 Å². The number of nitrogens with one attached hydrogen (secondary N) is 1. The molecule has 0 spiro atoms. The summed E-state index contributed by atoms with van der Waals surface area (Å²) in [6.07, 6.45) is 5.58. The van der Waals surface area contributed by atoms with E-state index in [0.29, 0.717) is 5.41 Å². The van der Waals surface area contributed by atoms with Gasteiger partial charge in [-0.05, 0) is 63.2 Å². The van der Waals surface area contributed by atoms with Gasteiger partial charge in [-0.2, -0.15) is 0 Å². The molecule has 2 fully saturated rings. The molecule has 1 unspecified atom stereocenters. The zero-order chi connectivity index (χ0) is 10.7. The summed E-state index contributed by atoms with van der Waals surface area (Å²) in [7, 11) is 0. The molecular formula is C13H27ClN2. The quantitative estimate of drug-likeness (QED) is 0.806. The molecule has 2 aliphatic heterocycles. The highest BCUT2D eigenvalue weighted by Gasteiger charge is 2.26. The summed E-state index contributed by atoms with van der Waals surface area (Å²) in [4.78, 5) is 2.68. The van der Waals surface area contributed by atoms with E-state index in [1.165, 1.54) is 58.4 Å². The van der Waals surface area contributed by atoms with Crippen molar-refractivity contribution < 1.29 is 0 Å². The number of likely N-dealkylation sites (tertiary alicyclic amines) is 1. The van der Waals surface area contributed by atoms with Crippen molar-refractivity contribution in [3.05, 3.63) is 0 Å². The van der Waals surface area contributed by atoms with E-state index >= 15 is 0 Å². The third kappa shape index (κ3) is 4.23. The van der Waals surface area contributed by atoms with Crippen molar-refractivity contribution in [2.45, 2.75) is 39.5 Å². The minimum atomic E-state index is 0. The molecule has 1 N–H and O–H groups in total. The molecule has 2 rings (SSSR count). The molecule has 0 amide bonds. The van der Waals surface area contributed by atoms with Crippen LogP contribution in [0.3, 0.4) is 0 Å². The fourth-order valence-corrected chi connectivity index (χ4v) is 2.79. The number of piperidine rings is 2. The lowest BCUT2D eigenvalue weighted by molar-refractivity contribution is 0.111. The second kappa shape index (κ2) is 6.23. The molecule has 0 bridgehead atoms.